The van der Waals surface area contributed by atoms with E-state index in [9.17, 15) is 9.18 Å². The van der Waals surface area contributed by atoms with Crippen LogP contribution in [0.1, 0.15) is 10.4 Å². The molecule has 0 heterocycles. The molecule has 6 heteroatoms. The summed E-state index contributed by atoms with van der Waals surface area (Å²) < 4.78 is 13.7. The van der Waals surface area contributed by atoms with Gasteiger partial charge in [0.25, 0.3) is 0 Å². The number of hydrogen-bond acceptors (Lipinski definition) is 3. The van der Waals surface area contributed by atoms with Crippen LogP contribution in [0.3, 0.4) is 0 Å². The molecule has 0 aromatic heterocycles. The molecule has 0 saturated carbocycles. The second kappa shape index (κ2) is 5.27. The van der Waals surface area contributed by atoms with E-state index in [0.717, 1.165) is 0 Å². The van der Waals surface area contributed by atoms with Crippen molar-refractivity contribution in [2.75, 3.05) is 11.1 Å². The zero-order valence-corrected chi connectivity index (χ0v) is 11.2. The zero-order valence-electron chi connectivity index (χ0n) is 9.65. The van der Waals surface area contributed by atoms with Gasteiger partial charge in [0, 0.05) is 5.69 Å². The Hall–Kier alpha value is -2.08. The monoisotopic (exact) mass is 324 g/mol. The third kappa shape index (κ3) is 3.03. The minimum atomic E-state index is -1.05. The first-order chi connectivity index (χ1) is 8.97. The lowest BCUT2D eigenvalue weighted by Gasteiger charge is -2.10. The van der Waals surface area contributed by atoms with Gasteiger partial charge in [0.1, 0.15) is 5.82 Å². The SMILES string of the molecule is Nc1cc(C(=O)O)ccc1Nc1ccc(Br)c(F)c1. The van der Waals surface area contributed by atoms with Crippen molar-refractivity contribution in [3.05, 3.63) is 52.3 Å². The van der Waals surface area contributed by atoms with Crippen molar-refractivity contribution in [1.82, 2.24) is 0 Å². The topological polar surface area (TPSA) is 75.4 Å². The van der Waals surface area contributed by atoms with Crippen molar-refractivity contribution in [3.63, 3.8) is 0 Å². The molecule has 0 atom stereocenters. The number of nitrogen functional groups attached to an aromatic ring is 1. The van der Waals surface area contributed by atoms with Crippen LogP contribution in [0, 0.1) is 5.82 Å². The van der Waals surface area contributed by atoms with Gasteiger partial charge in [-0.15, -0.1) is 0 Å². The van der Waals surface area contributed by atoms with Crippen molar-refractivity contribution >= 4 is 39.0 Å². The Morgan fingerprint density at radius 2 is 2.00 bits per heavy atom. The Morgan fingerprint density at radius 1 is 1.26 bits per heavy atom. The van der Waals surface area contributed by atoms with Crippen LogP contribution in [0.4, 0.5) is 21.5 Å². The number of nitrogens with one attached hydrogen (secondary N) is 1. The molecule has 0 aliphatic rings. The summed E-state index contributed by atoms with van der Waals surface area (Å²) in [7, 11) is 0. The molecule has 98 valence electrons. The fourth-order valence-corrected chi connectivity index (χ4v) is 1.79. The molecule has 19 heavy (non-hydrogen) atoms. The molecule has 0 radical (unpaired) electrons. The van der Waals surface area contributed by atoms with Crippen LogP contribution in [0.25, 0.3) is 0 Å². The van der Waals surface area contributed by atoms with Crippen molar-refractivity contribution in [1.29, 1.82) is 0 Å². The summed E-state index contributed by atoms with van der Waals surface area (Å²) in [6.45, 7) is 0. The molecule has 2 aromatic carbocycles. The lowest BCUT2D eigenvalue weighted by Crippen LogP contribution is -2.01. The van der Waals surface area contributed by atoms with Crippen molar-refractivity contribution in [2.45, 2.75) is 0 Å². The number of carboxylic acid groups (broad SMARTS) is 1. The second-order valence-corrected chi connectivity index (χ2v) is 4.72. The van der Waals surface area contributed by atoms with E-state index in [0.29, 0.717) is 15.8 Å². The number of carbonyl (C=O) groups is 1. The molecule has 2 aromatic rings. The highest BCUT2D eigenvalue weighted by molar-refractivity contribution is 9.10. The van der Waals surface area contributed by atoms with E-state index in [-0.39, 0.29) is 11.3 Å². The fraction of sp³-hybridized carbons (Fsp3) is 0. The van der Waals surface area contributed by atoms with Crippen LogP contribution in [0.5, 0.6) is 0 Å². The molecule has 0 aliphatic heterocycles. The molecular weight excluding hydrogens is 315 g/mol. The Kier molecular flexibility index (Phi) is 3.71. The van der Waals surface area contributed by atoms with Gasteiger partial charge in [-0.05, 0) is 52.3 Å². The summed E-state index contributed by atoms with van der Waals surface area (Å²) in [5.74, 6) is -1.45. The van der Waals surface area contributed by atoms with Crippen LogP contribution in [-0.4, -0.2) is 11.1 Å². The number of anilines is 3. The highest BCUT2D eigenvalue weighted by atomic mass is 79.9. The van der Waals surface area contributed by atoms with Gasteiger partial charge in [-0.25, -0.2) is 9.18 Å². The number of benzene rings is 2. The average Bonchev–Trinajstić information content (AvgIpc) is 2.36. The van der Waals surface area contributed by atoms with Crippen LogP contribution >= 0.6 is 15.9 Å². The highest BCUT2D eigenvalue weighted by Gasteiger charge is 2.07. The molecule has 0 spiro atoms. The van der Waals surface area contributed by atoms with E-state index in [1.165, 1.54) is 18.2 Å². The number of hydrogen-bond donors (Lipinski definition) is 3. The summed E-state index contributed by atoms with van der Waals surface area (Å²) >= 11 is 3.06. The first kappa shape index (κ1) is 13.4. The predicted molar refractivity (Wildman–Crippen MR) is 75.2 cm³/mol. The number of rotatable bonds is 3. The largest absolute Gasteiger partial charge is 0.478 e. The zero-order chi connectivity index (χ0) is 14.0. The fourth-order valence-electron chi connectivity index (χ4n) is 1.54. The van der Waals surface area contributed by atoms with E-state index in [1.807, 2.05) is 0 Å². The summed E-state index contributed by atoms with van der Waals surface area (Å²) in [5, 5.41) is 11.8. The number of nitrogens with two attached hydrogens (primary N) is 1. The molecule has 2 rings (SSSR count). The minimum Gasteiger partial charge on any atom is -0.478 e. The van der Waals surface area contributed by atoms with Gasteiger partial charge < -0.3 is 16.2 Å². The first-order valence-electron chi connectivity index (χ1n) is 5.32. The first-order valence-corrected chi connectivity index (χ1v) is 6.11. The van der Waals surface area contributed by atoms with Crippen LogP contribution in [0.15, 0.2) is 40.9 Å². The van der Waals surface area contributed by atoms with E-state index in [2.05, 4.69) is 21.2 Å². The maximum Gasteiger partial charge on any atom is 0.335 e. The van der Waals surface area contributed by atoms with Crippen molar-refractivity contribution < 1.29 is 14.3 Å². The predicted octanol–water partition coefficient (Wildman–Crippen LogP) is 3.61. The normalized spacial score (nSPS) is 10.2. The average molecular weight is 325 g/mol. The van der Waals surface area contributed by atoms with Gasteiger partial charge in [0.2, 0.25) is 0 Å². The van der Waals surface area contributed by atoms with Gasteiger partial charge in [-0.1, -0.05) is 0 Å². The molecule has 0 bridgehead atoms. The summed E-state index contributed by atoms with van der Waals surface area (Å²) in [5.41, 5.74) is 7.17. The van der Waals surface area contributed by atoms with Gasteiger partial charge in [-0.3, -0.25) is 0 Å². The van der Waals surface area contributed by atoms with Gasteiger partial charge in [0.05, 0.1) is 21.4 Å². The Balaban J connectivity index is 2.28. The Morgan fingerprint density at radius 3 is 2.58 bits per heavy atom. The lowest BCUT2D eigenvalue weighted by atomic mass is 10.1. The Bertz CT molecular complexity index is 647. The quantitative estimate of drug-likeness (QED) is 0.754. The number of carboxylic acids is 1. The van der Waals surface area contributed by atoms with E-state index < -0.39 is 11.8 Å². The molecule has 4 N–H and O–H groups in total. The molecular formula is C13H10BrFN2O2. The molecule has 4 nitrogen and oxygen atoms in total. The van der Waals surface area contributed by atoms with Gasteiger partial charge >= 0.3 is 5.97 Å². The van der Waals surface area contributed by atoms with Crippen LogP contribution < -0.4 is 11.1 Å². The third-order valence-electron chi connectivity index (χ3n) is 2.50. The smallest absolute Gasteiger partial charge is 0.335 e. The third-order valence-corrected chi connectivity index (χ3v) is 3.14. The van der Waals surface area contributed by atoms with Gasteiger partial charge in [0.15, 0.2) is 0 Å². The van der Waals surface area contributed by atoms with Crippen LogP contribution in [-0.2, 0) is 0 Å². The maximum atomic E-state index is 13.4. The van der Waals surface area contributed by atoms with Crippen molar-refractivity contribution in [2.24, 2.45) is 0 Å². The molecule has 0 fully saturated rings. The molecule has 0 aliphatic carbocycles. The Labute approximate surface area is 117 Å². The molecule has 0 unspecified atom stereocenters. The minimum absolute atomic E-state index is 0.102. The number of aromatic carboxylic acids is 1. The van der Waals surface area contributed by atoms with E-state index >= 15 is 0 Å². The second-order valence-electron chi connectivity index (χ2n) is 3.86. The molecule has 0 amide bonds. The number of halogens is 2. The summed E-state index contributed by atoms with van der Waals surface area (Å²) in [6, 6.07) is 8.88. The van der Waals surface area contributed by atoms with E-state index in [4.69, 9.17) is 10.8 Å². The molecule has 0 saturated heterocycles. The van der Waals surface area contributed by atoms with Crippen molar-refractivity contribution in [3.8, 4) is 0 Å². The lowest BCUT2D eigenvalue weighted by molar-refractivity contribution is 0.0697. The standard InChI is InChI=1S/C13H10BrFN2O2/c14-9-3-2-8(6-10(9)15)17-12-4-1-7(13(18)19)5-11(12)16/h1-6,17H,16H2,(H,18,19). The van der Waals surface area contributed by atoms with Gasteiger partial charge in [-0.2, -0.15) is 0 Å². The summed E-state index contributed by atoms with van der Waals surface area (Å²) in [4.78, 5) is 10.8. The summed E-state index contributed by atoms with van der Waals surface area (Å²) in [6.07, 6.45) is 0. The van der Waals surface area contributed by atoms with Crippen LogP contribution in [0.2, 0.25) is 0 Å². The highest BCUT2D eigenvalue weighted by Crippen LogP contribution is 2.26. The maximum absolute atomic E-state index is 13.4. The van der Waals surface area contributed by atoms with E-state index in [1.54, 1.807) is 18.2 Å².